The fraction of sp³-hybridized carbons (Fsp3) is 0.125. The van der Waals surface area contributed by atoms with E-state index in [4.69, 9.17) is 12.2 Å². The Morgan fingerprint density at radius 3 is 2.48 bits per heavy atom. The molecule has 0 saturated heterocycles. The smallest absolute Gasteiger partial charge is 0.187 e. The summed E-state index contributed by atoms with van der Waals surface area (Å²) in [6.07, 6.45) is 1.64. The SMILES string of the molecule is C[C@@H](NC(=S)N/N=C/c1ccc(O)cc1)c1ccccc1. The van der Waals surface area contributed by atoms with Crippen molar-refractivity contribution in [2.24, 2.45) is 5.10 Å². The summed E-state index contributed by atoms with van der Waals surface area (Å²) in [6.45, 7) is 2.03. The van der Waals surface area contributed by atoms with Crippen molar-refractivity contribution in [1.29, 1.82) is 0 Å². The van der Waals surface area contributed by atoms with Crippen LogP contribution in [0.3, 0.4) is 0 Å². The summed E-state index contributed by atoms with van der Waals surface area (Å²) in [6, 6.07) is 16.9. The monoisotopic (exact) mass is 299 g/mol. The van der Waals surface area contributed by atoms with Crippen molar-refractivity contribution >= 4 is 23.5 Å². The second-order valence-corrected chi connectivity index (χ2v) is 4.98. The molecule has 2 rings (SSSR count). The van der Waals surface area contributed by atoms with Gasteiger partial charge in [0.25, 0.3) is 0 Å². The van der Waals surface area contributed by atoms with Crippen LogP contribution in [0.1, 0.15) is 24.1 Å². The Labute approximate surface area is 129 Å². The molecular formula is C16H17N3OS. The molecule has 0 bridgehead atoms. The van der Waals surface area contributed by atoms with Gasteiger partial charge in [-0.3, -0.25) is 5.43 Å². The van der Waals surface area contributed by atoms with Crippen molar-refractivity contribution in [3.05, 3.63) is 65.7 Å². The molecule has 0 fully saturated rings. The second kappa shape index (κ2) is 7.40. The number of benzene rings is 2. The van der Waals surface area contributed by atoms with E-state index in [0.29, 0.717) is 5.11 Å². The van der Waals surface area contributed by atoms with Crippen LogP contribution in [0.4, 0.5) is 0 Å². The van der Waals surface area contributed by atoms with Crippen molar-refractivity contribution < 1.29 is 5.11 Å². The Morgan fingerprint density at radius 1 is 1.14 bits per heavy atom. The predicted molar refractivity (Wildman–Crippen MR) is 89.4 cm³/mol. The van der Waals surface area contributed by atoms with Crippen LogP contribution in [-0.2, 0) is 0 Å². The largest absolute Gasteiger partial charge is 0.508 e. The van der Waals surface area contributed by atoms with Gasteiger partial charge >= 0.3 is 0 Å². The Kier molecular flexibility index (Phi) is 5.29. The molecule has 5 heteroatoms. The molecule has 0 radical (unpaired) electrons. The van der Waals surface area contributed by atoms with Crippen LogP contribution in [0.2, 0.25) is 0 Å². The summed E-state index contributed by atoms with van der Waals surface area (Å²) in [5.74, 6) is 0.231. The van der Waals surface area contributed by atoms with E-state index >= 15 is 0 Å². The Hall–Kier alpha value is -2.40. The number of hydrogen-bond donors (Lipinski definition) is 3. The summed E-state index contributed by atoms with van der Waals surface area (Å²) in [4.78, 5) is 0. The van der Waals surface area contributed by atoms with E-state index in [-0.39, 0.29) is 11.8 Å². The third kappa shape index (κ3) is 4.89. The lowest BCUT2D eigenvalue weighted by Crippen LogP contribution is -2.34. The molecule has 1 atom stereocenters. The minimum Gasteiger partial charge on any atom is -0.508 e. The van der Waals surface area contributed by atoms with Crippen LogP contribution in [0.15, 0.2) is 59.7 Å². The lowest BCUT2D eigenvalue weighted by Gasteiger charge is -2.15. The van der Waals surface area contributed by atoms with Gasteiger partial charge in [0.05, 0.1) is 12.3 Å². The molecule has 0 aliphatic heterocycles. The van der Waals surface area contributed by atoms with E-state index in [2.05, 4.69) is 15.8 Å². The molecule has 2 aromatic carbocycles. The zero-order valence-corrected chi connectivity index (χ0v) is 12.5. The molecule has 0 aromatic heterocycles. The van der Waals surface area contributed by atoms with Gasteiger partial charge < -0.3 is 10.4 Å². The zero-order chi connectivity index (χ0) is 15.1. The third-order valence-electron chi connectivity index (χ3n) is 2.92. The number of phenols is 1. The van der Waals surface area contributed by atoms with Gasteiger partial charge in [-0.05, 0) is 54.5 Å². The van der Waals surface area contributed by atoms with Gasteiger partial charge in [0.2, 0.25) is 0 Å². The van der Waals surface area contributed by atoms with E-state index in [0.717, 1.165) is 11.1 Å². The van der Waals surface area contributed by atoms with Gasteiger partial charge in [0, 0.05) is 0 Å². The van der Waals surface area contributed by atoms with E-state index in [1.165, 1.54) is 0 Å². The molecule has 0 spiro atoms. The van der Waals surface area contributed by atoms with Crippen LogP contribution >= 0.6 is 12.2 Å². The summed E-state index contributed by atoms with van der Waals surface area (Å²) in [7, 11) is 0. The maximum Gasteiger partial charge on any atom is 0.187 e. The lowest BCUT2D eigenvalue weighted by atomic mass is 10.1. The average molecular weight is 299 g/mol. The van der Waals surface area contributed by atoms with Crippen molar-refractivity contribution in [1.82, 2.24) is 10.7 Å². The molecule has 0 aliphatic rings. The predicted octanol–water partition coefficient (Wildman–Crippen LogP) is 2.95. The highest BCUT2D eigenvalue weighted by atomic mass is 32.1. The molecule has 4 nitrogen and oxygen atoms in total. The van der Waals surface area contributed by atoms with Crippen molar-refractivity contribution in [3.63, 3.8) is 0 Å². The van der Waals surface area contributed by atoms with E-state index < -0.39 is 0 Å². The Balaban J connectivity index is 1.83. The van der Waals surface area contributed by atoms with Crippen molar-refractivity contribution in [2.75, 3.05) is 0 Å². The molecule has 2 aromatic rings. The Bertz CT molecular complexity index is 611. The number of aromatic hydroxyl groups is 1. The van der Waals surface area contributed by atoms with Gasteiger partial charge in [-0.1, -0.05) is 30.3 Å². The van der Waals surface area contributed by atoms with Crippen LogP contribution < -0.4 is 10.7 Å². The fourth-order valence-electron chi connectivity index (χ4n) is 1.78. The molecular weight excluding hydrogens is 282 g/mol. The number of nitrogens with zero attached hydrogens (tertiary/aromatic N) is 1. The van der Waals surface area contributed by atoms with Gasteiger partial charge in [-0.25, -0.2) is 0 Å². The highest BCUT2D eigenvalue weighted by Gasteiger charge is 2.05. The number of hydrazone groups is 1. The van der Waals surface area contributed by atoms with Crippen molar-refractivity contribution in [3.8, 4) is 5.75 Å². The standard InChI is InChI=1S/C16H17N3OS/c1-12(14-5-3-2-4-6-14)18-16(21)19-17-11-13-7-9-15(20)10-8-13/h2-12,20H,1H3,(H2,18,19,21)/b17-11+/t12-/m1/s1. The summed E-state index contributed by atoms with van der Waals surface area (Å²) < 4.78 is 0. The first kappa shape index (κ1) is 15.0. The molecule has 0 aliphatic carbocycles. The number of phenolic OH excluding ortho intramolecular Hbond substituents is 1. The van der Waals surface area contributed by atoms with E-state index in [1.54, 1.807) is 30.5 Å². The molecule has 0 saturated carbocycles. The zero-order valence-electron chi connectivity index (χ0n) is 11.7. The first-order chi connectivity index (χ1) is 10.1. The normalized spacial score (nSPS) is 12.0. The Morgan fingerprint density at radius 2 is 1.81 bits per heavy atom. The van der Waals surface area contributed by atoms with E-state index in [9.17, 15) is 5.11 Å². The summed E-state index contributed by atoms with van der Waals surface area (Å²) in [5, 5.41) is 16.9. The number of rotatable bonds is 4. The maximum absolute atomic E-state index is 9.19. The topological polar surface area (TPSA) is 56.7 Å². The molecule has 108 valence electrons. The summed E-state index contributed by atoms with van der Waals surface area (Å²) >= 11 is 5.19. The first-order valence-electron chi connectivity index (χ1n) is 6.58. The average Bonchev–Trinajstić information content (AvgIpc) is 2.50. The number of thiocarbonyl (C=S) groups is 1. The molecule has 0 amide bonds. The third-order valence-corrected chi connectivity index (χ3v) is 3.13. The molecule has 21 heavy (non-hydrogen) atoms. The first-order valence-corrected chi connectivity index (χ1v) is 6.99. The van der Waals surface area contributed by atoms with Crippen LogP contribution in [0.5, 0.6) is 5.75 Å². The quantitative estimate of drug-likeness (QED) is 0.461. The highest BCUT2D eigenvalue weighted by molar-refractivity contribution is 7.80. The lowest BCUT2D eigenvalue weighted by molar-refractivity contribution is 0.475. The number of nitrogens with one attached hydrogen (secondary N) is 2. The second-order valence-electron chi connectivity index (χ2n) is 4.57. The van der Waals surface area contributed by atoms with Gasteiger partial charge in [-0.2, -0.15) is 5.10 Å². The van der Waals surface area contributed by atoms with Crippen LogP contribution in [0.25, 0.3) is 0 Å². The minimum absolute atomic E-state index is 0.107. The van der Waals surface area contributed by atoms with Gasteiger partial charge in [0.1, 0.15) is 5.75 Å². The minimum atomic E-state index is 0.107. The van der Waals surface area contributed by atoms with Gasteiger partial charge in [0.15, 0.2) is 5.11 Å². The van der Waals surface area contributed by atoms with Crippen LogP contribution in [-0.4, -0.2) is 16.4 Å². The molecule has 0 unspecified atom stereocenters. The fourth-order valence-corrected chi connectivity index (χ4v) is 2.01. The number of hydrogen-bond acceptors (Lipinski definition) is 3. The molecule has 0 heterocycles. The van der Waals surface area contributed by atoms with E-state index in [1.807, 2.05) is 37.3 Å². The summed E-state index contributed by atoms with van der Waals surface area (Å²) in [5.41, 5.74) is 4.80. The van der Waals surface area contributed by atoms with Crippen LogP contribution in [0, 0.1) is 0 Å². The van der Waals surface area contributed by atoms with Crippen molar-refractivity contribution in [2.45, 2.75) is 13.0 Å². The van der Waals surface area contributed by atoms with Gasteiger partial charge in [-0.15, -0.1) is 0 Å². The molecule has 3 N–H and O–H groups in total. The maximum atomic E-state index is 9.19. The highest BCUT2D eigenvalue weighted by Crippen LogP contribution is 2.10.